The van der Waals surface area contributed by atoms with Gasteiger partial charge in [0.1, 0.15) is 0 Å². The number of hydrogen-bond donors (Lipinski definition) is 3. The van der Waals surface area contributed by atoms with Gasteiger partial charge in [0.15, 0.2) is 0 Å². The predicted octanol–water partition coefficient (Wildman–Crippen LogP) is 1.96. The van der Waals surface area contributed by atoms with Gasteiger partial charge in [-0.1, -0.05) is 20.8 Å². The van der Waals surface area contributed by atoms with Gasteiger partial charge in [-0.05, 0) is 37.5 Å². The Labute approximate surface area is 143 Å². The highest BCUT2D eigenvalue weighted by Crippen LogP contribution is 2.12. The van der Waals surface area contributed by atoms with Crippen LogP contribution in [-0.2, 0) is 0 Å². The average Bonchev–Trinajstić information content (AvgIpc) is 2.57. The van der Waals surface area contributed by atoms with Crippen LogP contribution < -0.4 is 16.0 Å². The monoisotopic (exact) mass is 333 g/mol. The molecule has 24 heavy (non-hydrogen) atoms. The summed E-state index contributed by atoms with van der Waals surface area (Å²) in [7, 11) is 0. The van der Waals surface area contributed by atoms with Gasteiger partial charge < -0.3 is 16.0 Å². The zero-order valence-corrected chi connectivity index (χ0v) is 14.9. The first-order valence-corrected chi connectivity index (χ1v) is 8.38. The summed E-state index contributed by atoms with van der Waals surface area (Å²) < 4.78 is 0. The first kappa shape index (κ1) is 19.7. The average molecular weight is 333 g/mol. The van der Waals surface area contributed by atoms with Crippen molar-refractivity contribution in [3.63, 3.8) is 0 Å². The van der Waals surface area contributed by atoms with Gasteiger partial charge in [0.2, 0.25) is 0 Å². The highest BCUT2D eigenvalue weighted by molar-refractivity contribution is 6.04. The molecule has 0 fully saturated rings. The lowest BCUT2D eigenvalue weighted by atomic mass is 10.0. The minimum absolute atomic E-state index is 0.291. The van der Waals surface area contributed by atoms with Crippen LogP contribution in [0.15, 0.2) is 18.2 Å². The molecule has 0 aliphatic heterocycles. The molecule has 0 aromatic heterocycles. The number of benzene rings is 1. The maximum absolute atomic E-state index is 12.3. The Morgan fingerprint density at radius 1 is 0.833 bits per heavy atom. The van der Waals surface area contributed by atoms with E-state index >= 15 is 0 Å². The van der Waals surface area contributed by atoms with Crippen molar-refractivity contribution in [2.75, 3.05) is 19.6 Å². The van der Waals surface area contributed by atoms with E-state index in [4.69, 9.17) is 0 Å². The second kappa shape index (κ2) is 9.70. The second-order valence-electron chi connectivity index (χ2n) is 6.02. The molecule has 0 aliphatic carbocycles. The van der Waals surface area contributed by atoms with E-state index in [2.05, 4.69) is 16.0 Å². The minimum Gasteiger partial charge on any atom is -0.352 e. The fourth-order valence-electron chi connectivity index (χ4n) is 2.02. The summed E-state index contributed by atoms with van der Waals surface area (Å²) in [6.07, 6.45) is 0.809. The fraction of sp³-hybridized carbons (Fsp3) is 0.500. The van der Waals surface area contributed by atoms with Crippen molar-refractivity contribution < 1.29 is 14.4 Å². The lowest BCUT2D eigenvalue weighted by Crippen LogP contribution is -2.30. The van der Waals surface area contributed by atoms with E-state index in [1.807, 2.05) is 27.7 Å². The van der Waals surface area contributed by atoms with Crippen LogP contribution in [0, 0.1) is 5.92 Å². The Morgan fingerprint density at radius 2 is 1.29 bits per heavy atom. The van der Waals surface area contributed by atoms with Crippen LogP contribution in [0.25, 0.3) is 0 Å². The van der Waals surface area contributed by atoms with Crippen molar-refractivity contribution in [1.82, 2.24) is 16.0 Å². The van der Waals surface area contributed by atoms with E-state index in [-0.39, 0.29) is 17.7 Å². The Hall–Kier alpha value is -2.37. The molecule has 1 rings (SSSR count). The summed E-state index contributed by atoms with van der Waals surface area (Å²) in [6.45, 7) is 9.30. The van der Waals surface area contributed by atoms with Gasteiger partial charge in [-0.3, -0.25) is 14.4 Å². The molecule has 0 radical (unpaired) electrons. The molecular weight excluding hydrogens is 306 g/mol. The lowest BCUT2D eigenvalue weighted by molar-refractivity contribution is 0.0949. The Kier molecular flexibility index (Phi) is 7.95. The van der Waals surface area contributed by atoms with Crippen LogP contribution in [0.1, 0.15) is 65.2 Å². The molecule has 6 nitrogen and oxygen atoms in total. The molecule has 1 aromatic carbocycles. The van der Waals surface area contributed by atoms with Crippen molar-refractivity contribution in [3.05, 3.63) is 34.9 Å². The van der Waals surface area contributed by atoms with Crippen LogP contribution in [0.4, 0.5) is 0 Å². The summed E-state index contributed by atoms with van der Waals surface area (Å²) >= 11 is 0. The number of rotatable bonds is 8. The normalized spacial score (nSPS) is 10.4. The molecule has 0 heterocycles. The molecular formula is C18H27N3O3. The third-order valence-corrected chi connectivity index (χ3v) is 3.26. The quantitative estimate of drug-likeness (QED) is 0.679. The van der Waals surface area contributed by atoms with E-state index in [1.54, 1.807) is 0 Å². The molecule has 132 valence electrons. The molecule has 3 amide bonds. The fourth-order valence-corrected chi connectivity index (χ4v) is 2.02. The third-order valence-electron chi connectivity index (χ3n) is 3.26. The maximum Gasteiger partial charge on any atom is 0.251 e. The number of nitrogens with one attached hydrogen (secondary N) is 3. The van der Waals surface area contributed by atoms with E-state index in [9.17, 15) is 14.4 Å². The molecule has 0 spiro atoms. The Balaban J connectivity index is 3.12. The highest BCUT2D eigenvalue weighted by atomic mass is 16.2. The van der Waals surface area contributed by atoms with E-state index in [1.165, 1.54) is 18.2 Å². The van der Waals surface area contributed by atoms with E-state index in [0.717, 1.165) is 6.42 Å². The van der Waals surface area contributed by atoms with Gasteiger partial charge >= 0.3 is 0 Å². The lowest BCUT2D eigenvalue weighted by Gasteiger charge is -2.11. The van der Waals surface area contributed by atoms with Gasteiger partial charge in [0.05, 0.1) is 0 Å². The van der Waals surface area contributed by atoms with Gasteiger partial charge in [0.25, 0.3) is 17.7 Å². The smallest absolute Gasteiger partial charge is 0.251 e. The standard InChI is InChI=1S/C18H27N3O3/c1-5-7-20-17(23)14-8-13(16(22)19-6-2)9-15(10-14)18(24)21-11-12(3)4/h8-10,12H,5-7,11H2,1-4H3,(H,19,22)(H,20,23)(H,21,24). The van der Waals surface area contributed by atoms with Gasteiger partial charge in [-0.25, -0.2) is 0 Å². The van der Waals surface area contributed by atoms with Crippen molar-refractivity contribution >= 4 is 17.7 Å². The Morgan fingerprint density at radius 3 is 1.71 bits per heavy atom. The van der Waals surface area contributed by atoms with Crippen LogP contribution in [0.2, 0.25) is 0 Å². The van der Waals surface area contributed by atoms with E-state index in [0.29, 0.717) is 42.2 Å². The summed E-state index contributed by atoms with van der Waals surface area (Å²) in [5.74, 6) is -0.575. The predicted molar refractivity (Wildman–Crippen MR) is 94.2 cm³/mol. The molecule has 0 saturated carbocycles. The molecule has 0 aliphatic rings. The Bertz CT molecular complexity index is 597. The summed E-state index contributed by atoms with van der Waals surface area (Å²) in [6, 6.07) is 4.54. The SMILES string of the molecule is CCCNC(=O)c1cc(C(=O)NCC)cc(C(=O)NCC(C)C)c1. The van der Waals surface area contributed by atoms with Crippen molar-refractivity contribution in [2.24, 2.45) is 5.92 Å². The summed E-state index contributed by atoms with van der Waals surface area (Å²) in [4.78, 5) is 36.6. The van der Waals surface area contributed by atoms with Crippen molar-refractivity contribution in [1.29, 1.82) is 0 Å². The van der Waals surface area contributed by atoms with Gasteiger partial charge in [-0.15, -0.1) is 0 Å². The zero-order chi connectivity index (χ0) is 18.1. The topological polar surface area (TPSA) is 87.3 Å². The number of amides is 3. The number of hydrogen-bond acceptors (Lipinski definition) is 3. The molecule has 3 N–H and O–H groups in total. The first-order chi connectivity index (χ1) is 11.4. The maximum atomic E-state index is 12.3. The van der Waals surface area contributed by atoms with Gasteiger partial charge in [-0.2, -0.15) is 0 Å². The molecule has 0 bridgehead atoms. The molecule has 0 saturated heterocycles. The molecule has 1 aromatic rings. The molecule has 0 unspecified atom stereocenters. The van der Waals surface area contributed by atoms with Crippen molar-refractivity contribution in [2.45, 2.75) is 34.1 Å². The molecule has 0 atom stereocenters. The minimum atomic E-state index is -0.305. The van der Waals surface area contributed by atoms with E-state index < -0.39 is 0 Å². The third kappa shape index (κ3) is 6.02. The largest absolute Gasteiger partial charge is 0.352 e. The van der Waals surface area contributed by atoms with Crippen LogP contribution in [0.3, 0.4) is 0 Å². The first-order valence-electron chi connectivity index (χ1n) is 8.38. The van der Waals surface area contributed by atoms with Gasteiger partial charge in [0, 0.05) is 36.3 Å². The highest BCUT2D eigenvalue weighted by Gasteiger charge is 2.16. The van der Waals surface area contributed by atoms with Crippen LogP contribution in [0.5, 0.6) is 0 Å². The van der Waals surface area contributed by atoms with Crippen LogP contribution in [-0.4, -0.2) is 37.4 Å². The number of carbonyl (C=O) groups excluding carboxylic acids is 3. The zero-order valence-electron chi connectivity index (χ0n) is 14.9. The number of carbonyl (C=O) groups is 3. The summed E-state index contributed by atoms with van der Waals surface area (Å²) in [5, 5.41) is 8.25. The summed E-state index contributed by atoms with van der Waals surface area (Å²) in [5.41, 5.74) is 0.915. The van der Waals surface area contributed by atoms with Crippen LogP contribution >= 0.6 is 0 Å². The molecule has 6 heteroatoms. The van der Waals surface area contributed by atoms with Crippen molar-refractivity contribution in [3.8, 4) is 0 Å². The second-order valence-corrected chi connectivity index (χ2v) is 6.02.